The first-order chi connectivity index (χ1) is 5.75. The second-order valence-electron chi connectivity index (χ2n) is 3.93. The minimum Gasteiger partial charge on any atom is -0.103 e. The summed E-state index contributed by atoms with van der Waals surface area (Å²) in [6, 6.07) is 0. The van der Waals surface area contributed by atoms with E-state index in [1.54, 1.807) is 0 Å². The molecule has 3 atom stereocenters. The van der Waals surface area contributed by atoms with Gasteiger partial charge in [-0.15, -0.1) is 6.58 Å². The monoisotopic (exact) mass is 230 g/mol. The van der Waals surface area contributed by atoms with E-state index in [9.17, 15) is 0 Å². The maximum absolute atomic E-state index is 3.75. The van der Waals surface area contributed by atoms with Crippen LogP contribution in [0.5, 0.6) is 0 Å². The highest BCUT2D eigenvalue weighted by Gasteiger charge is 2.29. The molecule has 0 saturated heterocycles. The Morgan fingerprint density at radius 2 is 2.25 bits per heavy atom. The zero-order valence-electron chi connectivity index (χ0n) is 7.93. The van der Waals surface area contributed by atoms with Gasteiger partial charge in [-0.25, -0.2) is 0 Å². The fraction of sp³-hybridized carbons (Fsp3) is 0.818. The lowest BCUT2D eigenvalue weighted by Gasteiger charge is -2.16. The second-order valence-corrected chi connectivity index (χ2v) is 5.11. The predicted octanol–water partition coefficient (Wildman–Crippen LogP) is 4.15. The van der Waals surface area contributed by atoms with Gasteiger partial charge in [-0.05, 0) is 43.9 Å². The summed E-state index contributed by atoms with van der Waals surface area (Å²) in [7, 11) is 0. The van der Waals surface area contributed by atoms with Crippen molar-refractivity contribution in [2.45, 2.75) is 43.9 Å². The van der Waals surface area contributed by atoms with Crippen molar-refractivity contribution in [2.24, 2.45) is 11.8 Å². The molecule has 0 aromatic rings. The van der Waals surface area contributed by atoms with Gasteiger partial charge in [0.15, 0.2) is 0 Å². The van der Waals surface area contributed by atoms with E-state index in [0.717, 1.165) is 16.7 Å². The van der Waals surface area contributed by atoms with Gasteiger partial charge in [0.05, 0.1) is 0 Å². The fourth-order valence-electron chi connectivity index (χ4n) is 2.13. The third kappa shape index (κ3) is 2.62. The van der Waals surface area contributed by atoms with Crippen molar-refractivity contribution in [3.63, 3.8) is 0 Å². The van der Waals surface area contributed by atoms with Crippen LogP contribution in [-0.4, -0.2) is 4.83 Å². The molecule has 70 valence electrons. The quantitative estimate of drug-likeness (QED) is 0.387. The normalized spacial score (nSPS) is 35.3. The van der Waals surface area contributed by atoms with Gasteiger partial charge in [-0.1, -0.05) is 28.9 Å². The van der Waals surface area contributed by atoms with Crippen molar-refractivity contribution >= 4 is 15.9 Å². The molecule has 1 saturated carbocycles. The molecule has 0 N–H and O–H groups in total. The molecule has 0 aromatic carbocycles. The second kappa shape index (κ2) is 5.06. The largest absolute Gasteiger partial charge is 0.103 e. The van der Waals surface area contributed by atoms with Crippen LogP contribution in [0.25, 0.3) is 0 Å². The van der Waals surface area contributed by atoms with E-state index in [2.05, 4.69) is 29.4 Å². The van der Waals surface area contributed by atoms with Crippen molar-refractivity contribution in [2.75, 3.05) is 0 Å². The van der Waals surface area contributed by atoms with Crippen LogP contribution in [0.2, 0.25) is 0 Å². The first-order valence-electron chi connectivity index (χ1n) is 5.00. The SMILES string of the molecule is C=CCCCC1CCC(Br)C1C. The van der Waals surface area contributed by atoms with Gasteiger partial charge in [-0.2, -0.15) is 0 Å². The topological polar surface area (TPSA) is 0 Å². The molecule has 0 spiro atoms. The Balaban J connectivity index is 2.20. The zero-order chi connectivity index (χ0) is 8.97. The summed E-state index contributed by atoms with van der Waals surface area (Å²) in [5.74, 6) is 1.85. The molecule has 0 aliphatic heterocycles. The van der Waals surface area contributed by atoms with Crippen molar-refractivity contribution in [3.05, 3.63) is 12.7 Å². The third-order valence-corrected chi connectivity index (χ3v) is 4.40. The standard InChI is InChI=1S/C11H19Br/c1-3-4-5-6-10-7-8-11(12)9(10)2/h3,9-11H,1,4-8H2,2H3. The zero-order valence-corrected chi connectivity index (χ0v) is 9.52. The van der Waals surface area contributed by atoms with Crippen LogP contribution in [0.1, 0.15) is 39.0 Å². The van der Waals surface area contributed by atoms with E-state index < -0.39 is 0 Å². The van der Waals surface area contributed by atoms with Gasteiger partial charge in [0.2, 0.25) is 0 Å². The fourth-order valence-corrected chi connectivity index (χ4v) is 2.82. The molecule has 0 aromatic heterocycles. The molecule has 1 rings (SSSR count). The maximum Gasteiger partial charge on any atom is 0.0174 e. The van der Waals surface area contributed by atoms with E-state index in [0.29, 0.717) is 0 Å². The van der Waals surface area contributed by atoms with E-state index in [4.69, 9.17) is 0 Å². The molecule has 0 heterocycles. The Labute approximate surface area is 84.6 Å². The Hall–Kier alpha value is 0.220. The number of alkyl halides is 1. The van der Waals surface area contributed by atoms with Gasteiger partial charge >= 0.3 is 0 Å². The van der Waals surface area contributed by atoms with Gasteiger partial charge in [0.25, 0.3) is 0 Å². The minimum absolute atomic E-state index is 0.784. The van der Waals surface area contributed by atoms with Crippen LogP contribution in [0.4, 0.5) is 0 Å². The predicted molar refractivity (Wildman–Crippen MR) is 58.7 cm³/mol. The minimum atomic E-state index is 0.784. The van der Waals surface area contributed by atoms with Gasteiger partial charge < -0.3 is 0 Å². The molecule has 0 nitrogen and oxygen atoms in total. The number of halogens is 1. The van der Waals surface area contributed by atoms with Crippen molar-refractivity contribution in [1.29, 1.82) is 0 Å². The molecule has 1 fully saturated rings. The number of hydrogen-bond acceptors (Lipinski definition) is 0. The molecule has 0 bridgehead atoms. The van der Waals surface area contributed by atoms with Gasteiger partial charge in [0.1, 0.15) is 0 Å². The third-order valence-electron chi connectivity index (χ3n) is 3.11. The molecular weight excluding hydrogens is 212 g/mol. The Morgan fingerprint density at radius 1 is 1.50 bits per heavy atom. The van der Waals surface area contributed by atoms with Crippen LogP contribution in [0, 0.1) is 11.8 Å². The summed E-state index contributed by atoms with van der Waals surface area (Å²) in [6.45, 7) is 6.13. The number of hydrogen-bond donors (Lipinski definition) is 0. The lowest BCUT2D eigenvalue weighted by Crippen LogP contribution is -2.10. The van der Waals surface area contributed by atoms with Crippen molar-refractivity contribution in [3.8, 4) is 0 Å². The Bertz CT molecular complexity index is 142. The van der Waals surface area contributed by atoms with E-state index in [1.165, 1.54) is 32.1 Å². The van der Waals surface area contributed by atoms with Gasteiger partial charge in [-0.3, -0.25) is 0 Å². The molecule has 0 radical (unpaired) electrons. The first-order valence-corrected chi connectivity index (χ1v) is 5.92. The summed E-state index contributed by atoms with van der Waals surface area (Å²) < 4.78 is 0. The molecule has 1 heteroatoms. The van der Waals surface area contributed by atoms with Crippen LogP contribution >= 0.6 is 15.9 Å². The highest BCUT2D eigenvalue weighted by atomic mass is 79.9. The summed E-state index contributed by atoms with van der Waals surface area (Å²) in [5, 5.41) is 0. The highest BCUT2D eigenvalue weighted by molar-refractivity contribution is 9.09. The Kier molecular flexibility index (Phi) is 4.34. The van der Waals surface area contributed by atoms with Gasteiger partial charge in [0, 0.05) is 4.83 Å². The number of rotatable bonds is 4. The molecule has 0 amide bonds. The lowest BCUT2D eigenvalue weighted by atomic mass is 9.92. The lowest BCUT2D eigenvalue weighted by molar-refractivity contribution is 0.388. The first kappa shape index (κ1) is 10.3. The summed E-state index contributed by atoms with van der Waals surface area (Å²) in [5.41, 5.74) is 0. The molecular formula is C11H19Br. The molecule has 3 unspecified atom stereocenters. The smallest absolute Gasteiger partial charge is 0.0174 e. The van der Waals surface area contributed by atoms with Crippen LogP contribution in [-0.2, 0) is 0 Å². The average molecular weight is 231 g/mol. The average Bonchev–Trinajstić information content (AvgIpc) is 2.36. The molecule has 12 heavy (non-hydrogen) atoms. The molecule has 1 aliphatic rings. The van der Waals surface area contributed by atoms with E-state index in [1.807, 2.05) is 6.08 Å². The van der Waals surface area contributed by atoms with Crippen LogP contribution in [0.3, 0.4) is 0 Å². The Morgan fingerprint density at radius 3 is 2.75 bits per heavy atom. The van der Waals surface area contributed by atoms with Crippen LogP contribution in [0.15, 0.2) is 12.7 Å². The molecule has 1 aliphatic carbocycles. The number of allylic oxidation sites excluding steroid dienone is 1. The highest BCUT2D eigenvalue weighted by Crippen LogP contribution is 2.39. The summed E-state index contributed by atoms with van der Waals surface area (Å²) in [6.07, 6.45) is 8.75. The van der Waals surface area contributed by atoms with E-state index >= 15 is 0 Å². The van der Waals surface area contributed by atoms with Crippen molar-refractivity contribution in [1.82, 2.24) is 0 Å². The number of unbranched alkanes of at least 4 members (excludes halogenated alkanes) is 1. The summed E-state index contributed by atoms with van der Waals surface area (Å²) >= 11 is 3.73. The van der Waals surface area contributed by atoms with Crippen molar-refractivity contribution < 1.29 is 0 Å². The maximum atomic E-state index is 3.75. The summed E-state index contributed by atoms with van der Waals surface area (Å²) in [4.78, 5) is 0.784. The van der Waals surface area contributed by atoms with Crippen LogP contribution < -0.4 is 0 Å². The van der Waals surface area contributed by atoms with E-state index in [-0.39, 0.29) is 0 Å².